The summed E-state index contributed by atoms with van der Waals surface area (Å²) >= 11 is 7.68. The third-order valence-corrected chi connectivity index (χ3v) is 5.20. The minimum Gasteiger partial charge on any atom is -0.314 e. The Morgan fingerprint density at radius 1 is 1.21 bits per heavy atom. The zero-order valence-electron chi connectivity index (χ0n) is 11.1. The largest absolute Gasteiger partial charge is 0.314 e. The lowest BCUT2D eigenvalue weighted by atomic mass is 10.0. The number of nitrogens with zero attached hydrogens (tertiary/aromatic N) is 1. The topological polar surface area (TPSA) is 15.3 Å². The highest BCUT2D eigenvalue weighted by molar-refractivity contribution is 7.16. The normalized spacial score (nSPS) is 21.3. The molecule has 0 aromatic carbocycles. The molecule has 1 aliphatic heterocycles. The van der Waals surface area contributed by atoms with Crippen molar-refractivity contribution in [1.29, 1.82) is 0 Å². The van der Waals surface area contributed by atoms with Gasteiger partial charge in [-0.05, 0) is 63.4 Å². The van der Waals surface area contributed by atoms with Gasteiger partial charge in [0.05, 0.1) is 4.34 Å². The standard InChI is InChI=1S/C14H21ClN2S.ClH/c15-14-4-3-13(18-14)10-17-7-5-12(6-8-17)16-9-11-1-2-11;/h3-4,11-12,16H,1-2,5-10H2;1H. The number of nitrogens with one attached hydrogen (secondary N) is 1. The van der Waals surface area contributed by atoms with Crippen molar-refractivity contribution in [2.24, 2.45) is 5.92 Å². The lowest BCUT2D eigenvalue weighted by Gasteiger charge is -2.32. The molecule has 2 fully saturated rings. The second-order valence-electron chi connectivity index (χ2n) is 5.61. The van der Waals surface area contributed by atoms with Gasteiger partial charge in [-0.3, -0.25) is 4.90 Å². The maximum absolute atomic E-state index is 5.97. The Balaban J connectivity index is 0.00000133. The van der Waals surface area contributed by atoms with Crippen LogP contribution < -0.4 is 5.32 Å². The molecule has 3 rings (SSSR count). The van der Waals surface area contributed by atoms with Gasteiger partial charge in [0.25, 0.3) is 0 Å². The number of halogens is 2. The molecule has 1 aliphatic carbocycles. The third kappa shape index (κ3) is 4.91. The van der Waals surface area contributed by atoms with Crippen molar-refractivity contribution in [2.45, 2.75) is 38.3 Å². The molecule has 0 radical (unpaired) electrons. The number of piperidine rings is 1. The van der Waals surface area contributed by atoms with Gasteiger partial charge in [-0.2, -0.15) is 0 Å². The highest BCUT2D eigenvalue weighted by Crippen LogP contribution is 2.28. The van der Waals surface area contributed by atoms with E-state index < -0.39 is 0 Å². The molecule has 1 saturated heterocycles. The summed E-state index contributed by atoms with van der Waals surface area (Å²) in [6.07, 6.45) is 5.49. The minimum atomic E-state index is 0. The van der Waals surface area contributed by atoms with Crippen LogP contribution in [0.25, 0.3) is 0 Å². The first-order valence-electron chi connectivity index (χ1n) is 6.99. The summed E-state index contributed by atoms with van der Waals surface area (Å²) in [4.78, 5) is 3.95. The molecule has 0 unspecified atom stereocenters. The zero-order valence-corrected chi connectivity index (χ0v) is 13.5. The molecular weight excluding hydrogens is 299 g/mol. The summed E-state index contributed by atoms with van der Waals surface area (Å²) in [5.41, 5.74) is 0. The van der Waals surface area contributed by atoms with Crippen molar-refractivity contribution in [3.63, 3.8) is 0 Å². The van der Waals surface area contributed by atoms with Gasteiger partial charge in [0, 0.05) is 17.5 Å². The summed E-state index contributed by atoms with van der Waals surface area (Å²) in [5, 5.41) is 3.73. The summed E-state index contributed by atoms with van der Waals surface area (Å²) in [7, 11) is 0. The monoisotopic (exact) mass is 320 g/mol. The van der Waals surface area contributed by atoms with Gasteiger partial charge in [-0.1, -0.05) is 11.6 Å². The first-order valence-corrected chi connectivity index (χ1v) is 8.19. The predicted molar refractivity (Wildman–Crippen MR) is 85.6 cm³/mol. The fourth-order valence-electron chi connectivity index (χ4n) is 2.61. The molecule has 1 aromatic rings. The smallest absolute Gasteiger partial charge is 0.0931 e. The van der Waals surface area contributed by atoms with Crippen molar-refractivity contribution >= 4 is 35.3 Å². The van der Waals surface area contributed by atoms with E-state index in [0.29, 0.717) is 0 Å². The van der Waals surface area contributed by atoms with Crippen LogP contribution in [-0.4, -0.2) is 30.6 Å². The molecule has 0 amide bonds. The van der Waals surface area contributed by atoms with Crippen molar-refractivity contribution in [2.75, 3.05) is 19.6 Å². The molecule has 1 saturated carbocycles. The maximum Gasteiger partial charge on any atom is 0.0931 e. The lowest BCUT2D eigenvalue weighted by molar-refractivity contribution is 0.191. The Hall–Kier alpha value is 0.200. The van der Waals surface area contributed by atoms with Crippen molar-refractivity contribution < 1.29 is 0 Å². The van der Waals surface area contributed by atoms with Crippen LogP contribution in [0.5, 0.6) is 0 Å². The van der Waals surface area contributed by atoms with Crippen molar-refractivity contribution in [1.82, 2.24) is 10.2 Å². The highest BCUT2D eigenvalue weighted by atomic mass is 35.5. The number of hydrogen-bond donors (Lipinski definition) is 1. The van der Waals surface area contributed by atoms with E-state index in [1.54, 1.807) is 11.3 Å². The first kappa shape index (κ1) is 15.6. The number of thiophene rings is 1. The molecule has 2 nitrogen and oxygen atoms in total. The summed E-state index contributed by atoms with van der Waals surface area (Å²) < 4.78 is 0.908. The van der Waals surface area contributed by atoms with Crippen LogP contribution in [-0.2, 0) is 6.54 Å². The maximum atomic E-state index is 5.97. The van der Waals surface area contributed by atoms with Crippen molar-refractivity contribution in [3.8, 4) is 0 Å². The first-order chi connectivity index (χ1) is 8.79. The summed E-state index contributed by atoms with van der Waals surface area (Å²) in [5.74, 6) is 0.997. The molecule has 0 atom stereocenters. The Labute approximate surface area is 130 Å². The van der Waals surface area contributed by atoms with Gasteiger partial charge in [0.15, 0.2) is 0 Å². The van der Waals surface area contributed by atoms with E-state index in [0.717, 1.165) is 22.8 Å². The fourth-order valence-corrected chi connectivity index (χ4v) is 3.74. The van der Waals surface area contributed by atoms with Crippen LogP contribution in [0.2, 0.25) is 4.34 Å². The van der Waals surface area contributed by atoms with Gasteiger partial charge in [0.1, 0.15) is 0 Å². The van der Waals surface area contributed by atoms with E-state index in [-0.39, 0.29) is 12.4 Å². The number of hydrogen-bond acceptors (Lipinski definition) is 3. The van der Waals surface area contributed by atoms with Gasteiger partial charge in [-0.25, -0.2) is 0 Å². The Bertz CT molecular complexity index is 385. The molecule has 1 N–H and O–H groups in total. The molecule has 0 spiro atoms. The average Bonchev–Trinajstić information content (AvgIpc) is 3.12. The molecular formula is C14H22Cl2N2S. The van der Waals surface area contributed by atoms with E-state index in [4.69, 9.17) is 11.6 Å². The Morgan fingerprint density at radius 2 is 1.95 bits per heavy atom. The van der Waals surface area contributed by atoms with Crippen LogP contribution in [0, 0.1) is 5.92 Å². The molecule has 1 aromatic heterocycles. The van der Waals surface area contributed by atoms with E-state index in [9.17, 15) is 0 Å². The van der Waals surface area contributed by atoms with Crippen LogP contribution in [0.3, 0.4) is 0 Å². The third-order valence-electron chi connectivity index (χ3n) is 3.99. The zero-order chi connectivity index (χ0) is 12.4. The summed E-state index contributed by atoms with van der Waals surface area (Å²) in [6, 6.07) is 4.92. The van der Waals surface area contributed by atoms with Crippen LogP contribution in [0.1, 0.15) is 30.6 Å². The second kappa shape index (κ2) is 7.28. The minimum absolute atomic E-state index is 0. The highest BCUT2D eigenvalue weighted by Gasteiger charge is 2.24. The van der Waals surface area contributed by atoms with Crippen molar-refractivity contribution in [3.05, 3.63) is 21.3 Å². The molecule has 5 heteroatoms. The second-order valence-corrected chi connectivity index (χ2v) is 7.41. The van der Waals surface area contributed by atoms with Crippen LogP contribution in [0.15, 0.2) is 12.1 Å². The van der Waals surface area contributed by atoms with E-state index in [1.807, 2.05) is 6.07 Å². The van der Waals surface area contributed by atoms with E-state index in [1.165, 1.54) is 50.2 Å². The predicted octanol–water partition coefficient (Wildman–Crippen LogP) is 3.79. The van der Waals surface area contributed by atoms with Crippen LogP contribution >= 0.6 is 35.3 Å². The number of rotatable bonds is 5. The Morgan fingerprint density at radius 3 is 2.53 bits per heavy atom. The van der Waals surface area contributed by atoms with Crippen LogP contribution in [0.4, 0.5) is 0 Å². The molecule has 108 valence electrons. The molecule has 2 aliphatic rings. The average molecular weight is 321 g/mol. The van der Waals surface area contributed by atoms with E-state index in [2.05, 4.69) is 16.3 Å². The lowest BCUT2D eigenvalue weighted by Crippen LogP contribution is -2.42. The molecule has 19 heavy (non-hydrogen) atoms. The SMILES string of the molecule is Cl.Clc1ccc(CN2CCC(NCC3CC3)CC2)s1. The van der Waals surface area contributed by atoms with Gasteiger partial charge in [0.2, 0.25) is 0 Å². The van der Waals surface area contributed by atoms with Gasteiger partial charge >= 0.3 is 0 Å². The fraction of sp³-hybridized carbons (Fsp3) is 0.714. The quantitative estimate of drug-likeness (QED) is 0.888. The van der Waals surface area contributed by atoms with E-state index >= 15 is 0 Å². The van der Waals surface area contributed by atoms with Gasteiger partial charge in [-0.15, -0.1) is 23.7 Å². The Kier molecular flexibility index (Phi) is 5.97. The molecule has 2 heterocycles. The summed E-state index contributed by atoms with van der Waals surface area (Å²) in [6.45, 7) is 4.77. The number of likely N-dealkylation sites (tertiary alicyclic amines) is 1. The van der Waals surface area contributed by atoms with Gasteiger partial charge < -0.3 is 5.32 Å². The molecule has 0 bridgehead atoms.